The van der Waals surface area contributed by atoms with E-state index in [0.29, 0.717) is 11.3 Å². The Kier molecular flexibility index (Phi) is 6.58. The molecule has 0 aliphatic rings. The number of urea groups is 1. The van der Waals surface area contributed by atoms with Gasteiger partial charge in [-0.25, -0.2) is 17.9 Å². The molecule has 3 N–H and O–H groups in total. The number of nitrogens with one attached hydrogen (secondary N) is 2. The lowest BCUT2D eigenvalue weighted by molar-refractivity contribution is 0.0789. The van der Waals surface area contributed by atoms with E-state index in [1.54, 1.807) is 19.2 Å². The first-order valence-corrected chi connectivity index (χ1v) is 11.5. The summed E-state index contributed by atoms with van der Waals surface area (Å²) in [4.78, 5) is 12.5. The minimum atomic E-state index is -4.04. The first-order valence-electron chi connectivity index (χ1n) is 9.11. The predicted octanol–water partition coefficient (Wildman–Crippen LogP) is 4.73. The Labute approximate surface area is 171 Å². The second-order valence-electron chi connectivity index (χ2n) is 7.89. The molecule has 0 aliphatic carbocycles. The molecule has 0 aliphatic heterocycles. The summed E-state index contributed by atoms with van der Waals surface area (Å²) in [5.74, 6) is 0.328. The molecule has 154 valence electrons. The van der Waals surface area contributed by atoms with Gasteiger partial charge < -0.3 is 10.4 Å². The molecule has 0 saturated carbocycles. The minimum absolute atomic E-state index is 0.0268. The maximum atomic E-state index is 12.6. The number of carbonyl (C=O) groups excluding carboxylic acids is 1. The first kappa shape index (κ1) is 22.4. The molecule has 2 rings (SSSR count). The van der Waals surface area contributed by atoms with Crippen LogP contribution in [0.15, 0.2) is 33.9 Å². The number of benzene rings is 1. The Morgan fingerprint density at radius 3 is 2.07 bits per heavy atom. The number of amides is 2. The zero-order valence-corrected chi connectivity index (χ0v) is 18.7. The number of sulfonamides is 1. The lowest BCUT2D eigenvalue weighted by Gasteiger charge is -2.20. The zero-order valence-electron chi connectivity index (χ0n) is 17.0. The quantitative estimate of drug-likeness (QED) is 0.624. The van der Waals surface area contributed by atoms with Crippen molar-refractivity contribution in [1.29, 1.82) is 0 Å². The van der Waals surface area contributed by atoms with Crippen molar-refractivity contribution in [3.8, 4) is 0 Å². The van der Waals surface area contributed by atoms with Gasteiger partial charge in [0.1, 0.15) is 4.21 Å². The molecule has 0 atom stereocenters. The number of aliphatic hydroxyl groups is 1. The molecule has 1 aromatic carbocycles. The lowest BCUT2D eigenvalue weighted by atomic mass is 9.93. The molecule has 0 spiro atoms. The Balaban J connectivity index is 2.28. The Hall–Kier alpha value is -1.90. The molecule has 6 nitrogen and oxygen atoms in total. The van der Waals surface area contributed by atoms with Crippen LogP contribution in [-0.4, -0.2) is 19.6 Å². The monoisotopic (exact) mass is 424 g/mol. The molecule has 0 radical (unpaired) electrons. The van der Waals surface area contributed by atoms with Gasteiger partial charge in [0.2, 0.25) is 0 Å². The van der Waals surface area contributed by atoms with Crippen molar-refractivity contribution in [3.05, 3.63) is 46.3 Å². The van der Waals surface area contributed by atoms with Crippen LogP contribution in [0, 0.1) is 0 Å². The lowest BCUT2D eigenvalue weighted by Crippen LogP contribution is -2.34. The normalized spacial score (nSPS) is 12.5. The summed E-state index contributed by atoms with van der Waals surface area (Å²) in [5.41, 5.74) is 1.85. The van der Waals surface area contributed by atoms with Gasteiger partial charge in [-0.3, -0.25) is 0 Å². The summed E-state index contributed by atoms with van der Waals surface area (Å²) in [5, 5.41) is 14.3. The van der Waals surface area contributed by atoms with E-state index in [1.807, 2.05) is 45.9 Å². The fourth-order valence-electron chi connectivity index (χ4n) is 2.79. The summed E-state index contributed by atoms with van der Waals surface area (Å²) >= 11 is 0.957. The second-order valence-corrected chi connectivity index (χ2v) is 10.7. The largest absolute Gasteiger partial charge is 0.386 e. The zero-order chi connectivity index (χ0) is 21.3. The predicted molar refractivity (Wildman–Crippen MR) is 114 cm³/mol. The van der Waals surface area contributed by atoms with Crippen molar-refractivity contribution < 1.29 is 18.3 Å². The molecule has 0 saturated heterocycles. The summed E-state index contributed by atoms with van der Waals surface area (Å²) in [6.45, 7) is 11.2. The fraction of sp³-hybridized carbons (Fsp3) is 0.450. The van der Waals surface area contributed by atoms with Crippen LogP contribution < -0.4 is 10.0 Å². The van der Waals surface area contributed by atoms with E-state index < -0.39 is 21.7 Å². The van der Waals surface area contributed by atoms with E-state index in [9.17, 15) is 18.3 Å². The molecular formula is C20H28N2O4S2. The molecular weight excluding hydrogens is 396 g/mol. The molecule has 0 fully saturated rings. The molecule has 0 unspecified atom stereocenters. The SMILES string of the molecule is CC(C)c1cccc(C(C)C)c1NC(=O)NS(=O)(=O)c1cc(C(C)(C)O)cs1. The van der Waals surface area contributed by atoms with E-state index in [0.717, 1.165) is 22.5 Å². The number of anilines is 1. The Bertz CT molecular complexity index is 929. The van der Waals surface area contributed by atoms with E-state index >= 15 is 0 Å². The topological polar surface area (TPSA) is 95.5 Å². The van der Waals surface area contributed by atoms with Crippen LogP contribution in [-0.2, 0) is 15.6 Å². The first-order chi connectivity index (χ1) is 12.8. The molecule has 2 amide bonds. The highest BCUT2D eigenvalue weighted by Gasteiger charge is 2.25. The van der Waals surface area contributed by atoms with Gasteiger partial charge in [0.05, 0.1) is 5.60 Å². The minimum Gasteiger partial charge on any atom is -0.386 e. The standard InChI is InChI=1S/C20H28N2O4S2/c1-12(2)15-8-7-9-16(13(3)4)18(15)21-19(23)22-28(25,26)17-10-14(11-27-17)20(5,6)24/h7-13,24H,1-6H3,(H2,21,22,23). The number of carbonyl (C=O) groups is 1. The molecule has 8 heteroatoms. The van der Waals surface area contributed by atoms with Gasteiger partial charge in [-0.05, 0) is 53.8 Å². The average Bonchev–Trinajstić information content (AvgIpc) is 3.05. The summed E-state index contributed by atoms with van der Waals surface area (Å²) in [6.07, 6.45) is 0. The van der Waals surface area contributed by atoms with Gasteiger partial charge in [0, 0.05) is 5.69 Å². The van der Waals surface area contributed by atoms with E-state index in [4.69, 9.17) is 0 Å². The van der Waals surface area contributed by atoms with Crippen molar-refractivity contribution >= 4 is 33.1 Å². The maximum Gasteiger partial charge on any atom is 0.333 e. The van der Waals surface area contributed by atoms with Gasteiger partial charge in [-0.1, -0.05) is 45.9 Å². The third-order valence-corrected chi connectivity index (χ3v) is 7.16. The van der Waals surface area contributed by atoms with Crippen LogP contribution in [0.3, 0.4) is 0 Å². The number of rotatable bonds is 6. The summed E-state index contributed by atoms with van der Waals surface area (Å²) in [7, 11) is -4.04. The Morgan fingerprint density at radius 1 is 1.11 bits per heavy atom. The smallest absolute Gasteiger partial charge is 0.333 e. The van der Waals surface area contributed by atoms with E-state index in [-0.39, 0.29) is 16.0 Å². The van der Waals surface area contributed by atoms with Crippen LogP contribution in [0.5, 0.6) is 0 Å². The number of thiophene rings is 1. The van der Waals surface area contributed by atoms with Crippen molar-refractivity contribution in [1.82, 2.24) is 4.72 Å². The van der Waals surface area contributed by atoms with E-state index in [2.05, 4.69) is 10.0 Å². The highest BCUT2D eigenvalue weighted by atomic mass is 32.2. The Morgan fingerprint density at radius 2 is 1.64 bits per heavy atom. The number of hydrogen-bond acceptors (Lipinski definition) is 5. The van der Waals surface area contributed by atoms with Gasteiger partial charge >= 0.3 is 6.03 Å². The van der Waals surface area contributed by atoms with Crippen molar-refractivity contribution in [2.45, 2.75) is 63.2 Å². The van der Waals surface area contributed by atoms with Gasteiger partial charge in [0.25, 0.3) is 10.0 Å². The molecule has 28 heavy (non-hydrogen) atoms. The van der Waals surface area contributed by atoms with Gasteiger partial charge in [0.15, 0.2) is 0 Å². The molecule has 2 aromatic rings. The van der Waals surface area contributed by atoms with Crippen LogP contribution in [0.1, 0.15) is 70.1 Å². The highest BCUT2D eigenvalue weighted by molar-refractivity contribution is 7.92. The van der Waals surface area contributed by atoms with Crippen LogP contribution in [0.2, 0.25) is 0 Å². The van der Waals surface area contributed by atoms with Gasteiger partial charge in [-0.15, -0.1) is 11.3 Å². The average molecular weight is 425 g/mol. The summed E-state index contributed by atoms with van der Waals surface area (Å²) < 4.78 is 27.2. The number of hydrogen-bond donors (Lipinski definition) is 3. The second kappa shape index (κ2) is 8.23. The molecule has 1 heterocycles. The third kappa shape index (κ3) is 5.12. The van der Waals surface area contributed by atoms with Crippen molar-refractivity contribution in [3.63, 3.8) is 0 Å². The summed E-state index contributed by atoms with van der Waals surface area (Å²) in [6, 6.07) is 6.36. The molecule has 1 aromatic heterocycles. The van der Waals surface area contributed by atoms with E-state index in [1.165, 1.54) is 6.07 Å². The number of para-hydroxylation sites is 1. The van der Waals surface area contributed by atoms with Gasteiger partial charge in [-0.2, -0.15) is 0 Å². The van der Waals surface area contributed by atoms with Crippen molar-refractivity contribution in [2.24, 2.45) is 0 Å². The highest BCUT2D eigenvalue weighted by Crippen LogP contribution is 2.32. The van der Waals surface area contributed by atoms with Crippen LogP contribution in [0.4, 0.5) is 10.5 Å². The van der Waals surface area contributed by atoms with Crippen molar-refractivity contribution in [2.75, 3.05) is 5.32 Å². The van der Waals surface area contributed by atoms with Crippen LogP contribution in [0.25, 0.3) is 0 Å². The maximum absolute atomic E-state index is 12.6. The fourth-order valence-corrected chi connectivity index (χ4v) is 5.03. The third-order valence-electron chi connectivity index (χ3n) is 4.39. The van der Waals surface area contributed by atoms with Crippen LogP contribution >= 0.6 is 11.3 Å². The molecule has 0 bridgehead atoms.